The lowest BCUT2D eigenvalue weighted by atomic mass is 10.1. The summed E-state index contributed by atoms with van der Waals surface area (Å²) in [6, 6.07) is 5.12. The van der Waals surface area contributed by atoms with Crippen molar-refractivity contribution in [2.24, 2.45) is 0 Å². The van der Waals surface area contributed by atoms with Gasteiger partial charge in [-0.1, -0.05) is 31.2 Å². The molecule has 1 rings (SSSR count). The lowest BCUT2D eigenvalue weighted by Gasteiger charge is -2.03. The smallest absolute Gasteiger partial charge is 0.134 e. The number of allylic oxidation sites excluding steroid dienone is 1. The fourth-order valence-electron chi connectivity index (χ4n) is 0.931. The number of aromatic hydroxyl groups is 1. The normalized spacial score (nSPS) is 9.83. The van der Waals surface area contributed by atoms with Gasteiger partial charge in [0.1, 0.15) is 5.75 Å². The molecule has 0 radical (unpaired) electrons. The Morgan fingerprint density at radius 3 is 2.75 bits per heavy atom. The van der Waals surface area contributed by atoms with Gasteiger partial charge >= 0.3 is 0 Å². The molecule has 0 amide bonds. The summed E-state index contributed by atoms with van der Waals surface area (Å²) in [5.74, 6) is 0.115. The van der Waals surface area contributed by atoms with Gasteiger partial charge in [0.2, 0.25) is 0 Å². The maximum absolute atomic E-state index is 9.14. The minimum atomic E-state index is 0.115. The highest BCUT2D eigenvalue weighted by Gasteiger charge is 2.00. The lowest BCUT2D eigenvalue weighted by Crippen LogP contribution is -1.80. The number of phenols is 1. The molecular weight excluding hydrogens is 172 g/mol. The fourth-order valence-corrected chi connectivity index (χ4v) is 1.11. The Morgan fingerprint density at radius 2 is 2.25 bits per heavy atom. The predicted octanol–water partition coefficient (Wildman–Crippen LogP) is 3.47. The van der Waals surface area contributed by atoms with E-state index in [1.54, 1.807) is 12.1 Å². The molecule has 1 N–H and O–H groups in total. The third kappa shape index (κ3) is 1.80. The van der Waals surface area contributed by atoms with E-state index >= 15 is 0 Å². The van der Waals surface area contributed by atoms with Crippen LogP contribution in [0, 0.1) is 0 Å². The molecule has 0 aliphatic heterocycles. The molecule has 0 aliphatic rings. The SMILES string of the molecule is C=C(CC)c1ccc(O)c(Cl)c1. The Hall–Kier alpha value is -0.950. The largest absolute Gasteiger partial charge is 0.506 e. The van der Waals surface area contributed by atoms with Crippen molar-refractivity contribution < 1.29 is 5.11 Å². The van der Waals surface area contributed by atoms with E-state index < -0.39 is 0 Å². The first kappa shape index (κ1) is 9.14. The minimum Gasteiger partial charge on any atom is -0.506 e. The van der Waals surface area contributed by atoms with Crippen LogP contribution in [0.15, 0.2) is 24.8 Å². The van der Waals surface area contributed by atoms with Gasteiger partial charge in [-0.05, 0) is 29.7 Å². The van der Waals surface area contributed by atoms with Gasteiger partial charge in [-0.3, -0.25) is 0 Å². The molecule has 0 saturated heterocycles. The molecule has 0 heterocycles. The zero-order valence-electron chi connectivity index (χ0n) is 6.97. The third-order valence-corrected chi connectivity index (χ3v) is 2.09. The van der Waals surface area contributed by atoms with Gasteiger partial charge < -0.3 is 5.11 Å². The standard InChI is InChI=1S/C10H11ClO/c1-3-7(2)8-4-5-10(12)9(11)6-8/h4-6,12H,2-3H2,1H3. The molecule has 1 nitrogen and oxygen atoms in total. The summed E-state index contributed by atoms with van der Waals surface area (Å²) >= 11 is 5.72. The second-order valence-electron chi connectivity index (χ2n) is 2.62. The van der Waals surface area contributed by atoms with E-state index in [1.165, 1.54) is 0 Å². The van der Waals surface area contributed by atoms with Crippen LogP contribution < -0.4 is 0 Å². The Morgan fingerprint density at radius 1 is 1.58 bits per heavy atom. The molecule has 0 aliphatic carbocycles. The molecule has 0 saturated carbocycles. The highest BCUT2D eigenvalue weighted by Crippen LogP contribution is 2.27. The van der Waals surface area contributed by atoms with E-state index in [-0.39, 0.29) is 5.75 Å². The van der Waals surface area contributed by atoms with Crippen molar-refractivity contribution in [1.29, 1.82) is 0 Å². The van der Waals surface area contributed by atoms with Crippen LogP contribution in [0.2, 0.25) is 5.02 Å². The number of benzene rings is 1. The summed E-state index contributed by atoms with van der Waals surface area (Å²) in [5, 5.41) is 9.51. The molecule has 0 fully saturated rings. The highest BCUT2D eigenvalue weighted by molar-refractivity contribution is 6.32. The molecule has 1 aromatic carbocycles. The molecule has 0 spiro atoms. The average molecular weight is 183 g/mol. The zero-order valence-corrected chi connectivity index (χ0v) is 7.73. The highest BCUT2D eigenvalue weighted by atomic mass is 35.5. The summed E-state index contributed by atoms with van der Waals surface area (Å²) in [4.78, 5) is 0. The number of hydrogen-bond acceptors (Lipinski definition) is 1. The second kappa shape index (κ2) is 3.63. The summed E-state index contributed by atoms with van der Waals surface area (Å²) in [7, 11) is 0. The molecule has 12 heavy (non-hydrogen) atoms. The molecule has 0 unspecified atom stereocenters. The van der Waals surface area contributed by atoms with E-state index in [9.17, 15) is 0 Å². The number of hydrogen-bond donors (Lipinski definition) is 1. The van der Waals surface area contributed by atoms with Crippen LogP contribution >= 0.6 is 11.6 Å². The van der Waals surface area contributed by atoms with Crippen LogP contribution in [0.3, 0.4) is 0 Å². The summed E-state index contributed by atoms with van der Waals surface area (Å²) < 4.78 is 0. The van der Waals surface area contributed by atoms with Crippen LogP contribution in [-0.2, 0) is 0 Å². The van der Waals surface area contributed by atoms with Crippen molar-refractivity contribution in [3.8, 4) is 5.75 Å². The first-order valence-corrected chi connectivity index (χ1v) is 4.19. The van der Waals surface area contributed by atoms with Crippen LogP contribution in [0.5, 0.6) is 5.75 Å². The zero-order chi connectivity index (χ0) is 9.14. The van der Waals surface area contributed by atoms with E-state index in [1.807, 2.05) is 13.0 Å². The van der Waals surface area contributed by atoms with Gasteiger partial charge in [0.05, 0.1) is 5.02 Å². The summed E-state index contributed by atoms with van der Waals surface area (Å²) in [6.07, 6.45) is 0.890. The second-order valence-corrected chi connectivity index (χ2v) is 3.03. The Balaban J connectivity index is 3.05. The van der Waals surface area contributed by atoms with Gasteiger partial charge in [0.15, 0.2) is 0 Å². The summed E-state index contributed by atoms with van der Waals surface area (Å²) in [5.41, 5.74) is 2.01. The fraction of sp³-hybridized carbons (Fsp3) is 0.200. The Labute approximate surface area is 77.3 Å². The number of halogens is 1. The van der Waals surface area contributed by atoms with Gasteiger partial charge in [0, 0.05) is 0 Å². The van der Waals surface area contributed by atoms with Crippen LogP contribution in [0.25, 0.3) is 5.57 Å². The van der Waals surface area contributed by atoms with Gasteiger partial charge in [-0.25, -0.2) is 0 Å². The van der Waals surface area contributed by atoms with Crippen molar-refractivity contribution in [3.05, 3.63) is 35.4 Å². The maximum Gasteiger partial charge on any atom is 0.134 e. The molecule has 0 atom stereocenters. The van der Waals surface area contributed by atoms with E-state index in [0.717, 1.165) is 17.6 Å². The number of rotatable bonds is 2. The molecule has 0 aromatic heterocycles. The van der Waals surface area contributed by atoms with Crippen molar-refractivity contribution >= 4 is 17.2 Å². The minimum absolute atomic E-state index is 0.115. The summed E-state index contributed by atoms with van der Waals surface area (Å²) in [6.45, 7) is 5.90. The molecule has 64 valence electrons. The van der Waals surface area contributed by atoms with E-state index in [0.29, 0.717) is 5.02 Å². The van der Waals surface area contributed by atoms with E-state index in [2.05, 4.69) is 6.58 Å². The van der Waals surface area contributed by atoms with Crippen LogP contribution in [-0.4, -0.2) is 5.11 Å². The topological polar surface area (TPSA) is 20.2 Å². The van der Waals surface area contributed by atoms with Crippen molar-refractivity contribution in [3.63, 3.8) is 0 Å². The monoisotopic (exact) mass is 182 g/mol. The maximum atomic E-state index is 9.14. The van der Waals surface area contributed by atoms with Crippen molar-refractivity contribution in [2.45, 2.75) is 13.3 Å². The van der Waals surface area contributed by atoms with Crippen molar-refractivity contribution in [1.82, 2.24) is 0 Å². The first-order valence-electron chi connectivity index (χ1n) is 3.81. The van der Waals surface area contributed by atoms with Crippen LogP contribution in [0.4, 0.5) is 0 Å². The van der Waals surface area contributed by atoms with Gasteiger partial charge in [0.25, 0.3) is 0 Å². The molecule has 1 aromatic rings. The third-order valence-electron chi connectivity index (χ3n) is 1.78. The molecular formula is C10H11ClO. The quantitative estimate of drug-likeness (QED) is 0.743. The lowest BCUT2D eigenvalue weighted by molar-refractivity contribution is 0.475. The Bertz CT molecular complexity index is 305. The number of phenolic OH excluding ortho intramolecular Hbond substituents is 1. The van der Waals surface area contributed by atoms with E-state index in [4.69, 9.17) is 16.7 Å². The van der Waals surface area contributed by atoms with Crippen molar-refractivity contribution in [2.75, 3.05) is 0 Å². The van der Waals surface area contributed by atoms with Gasteiger partial charge in [-0.15, -0.1) is 0 Å². The Kier molecular flexibility index (Phi) is 2.77. The van der Waals surface area contributed by atoms with Gasteiger partial charge in [-0.2, -0.15) is 0 Å². The van der Waals surface area contributed by atoms with Crippen LogP contribution in [0.1, 0.15) is 18.9 Å². The first-order chi connectivity index (χ1) is 5.65. The molecule has 2 heteroatoms. The average Bonchev–Trinajstić information content (AvgIpc) is 2.08. The molecule has 0 bridgehead atoms. The predicted molar refractivity (Wildman–Crippen MR) is 52.4 cm³/mol.